The maximum absolute atomic E-state index is 12.4. The third-order valence-electron chi connectivity index (χ3n) is 3.52. The van der Waals surface area contributed by atoms with E-state index in [0.717, 1.165) is 24.3 Å². The van der Waals surface area contributed by atoms with Crippen LogP contribution in [0.1, 0.15) is 48.8 Å². The van der Waals surface area contributed by atoms with Gasteiger partial charge < -0.3 is 15.4 Å². The van der Waals surface area contributed by atoms with Gasteiger partial charge in [-0.25, -0.2) is 0 Å². The predicted molar refractivity (Wildman–Crippen MR) is 88.4 cm³/mol. The van der Waals surface area contributed by atoms with E-state index in [1.54, 1.807) is 0 Å². The lowest BCUT2D eigenvalue weighted by Crippen LogP contribution is -2.33. The highest BCUT2D eigenvalue weighted by Gasteiger charge is 2.25. The molecule has 0 spiro atoms. The molecule has 0 aliphatic carbocycles. The first kappa shape index (κ1) is 17.0. The lowest BCUT2D eigenvalue weighted by Gasteiger charge is -2.17. The van der Waals surface area contributed by atoms with Crippen LogP contribution in [0.25, 0.3) is 0 Å². The maximum Gasteiger partial charge on any atom is 0.254 e. The summed E-state index contributed by atoms with van der Waals surface area (Å²) < 4.78 is 5.50. The standard InChI is InChI=1S/C16H24N2O3S/c1-10-8-12(13(19)17-9-11-6-5-7-21-11)14(22-10)18-15(20)16(2,3)4/h8,11H,5-7,9H2,1-4H3,(H,17,19)(H,18,20). The number of nitrogens with one attached hydrogen (secondary N) is 2. The number of thiophene rings is 1. The second-order valence-electron chi connectivity index (χ2n) is 6.65. The molecule has 1 aromatic heterocycles. The third-order valence-corrected chi connectivity index (χ3v) is 4.49. The smallest absolute Gasteiger partial charge is 0.254 e. The zero-order chi connectivity index (χ0) is 16.3. The van der Waals surface area contributed by atoms with Crippen LogP contribution in [0, 0.1) is 12.3 Å². The van der Waals surface area contributed by atoms with Gasteiger partial charge in [0.1, 0.15) is 5.00 Å². The highest BCUT2D eigenvalue weighted by atomic mass is 32.1. The van der Waals surface area contributed by atoms with Crippen molar-refractivity contribution in [3.63, 3.8) is 0 Å². The summed E-state index contributed by atoms with van der Waals surface area (Å²) in [6, 6.07) is 1.81. The number of carbonyl (C=O) groups is 2. The number of hydrogen-bond donors (Lipinski definition) is 2. The molecule has 1 unspecified atom stereocenters. The summed E-state index contributed by atoms with van der Waals surface area (Å²) in [5.41, 5.74) is 0.0293. The first-order valence-electron chi connectivity index (χ1n) is 7.59. The molecule has 1 saturated heterocycles. The molecule has 5 nitrogen and oxygen atoms in total. The van der Waals surface area contributed by atoms with Crippen LogP contribution in [0.3, 0.4) is 0 Å². The minimum atomic E-state index is -0.497. The normalized spacial score (nSPS) is 18.3. The van der Waals surface area contributed by atoms with Crippen molar-refractivity contribution in [1.29, 1.82) is 0 Å². The van der Waals surface area contributed by atoms with Crippen molar-refractivity contribution in [2.45, 2.75) is 46.6 Å². The Hall–Kier alpha value is -1.40. The molecular weight excluding hydrogens is 300 g/mol. The second kappa shape index (κ2) is 6.79. The number of anilines is 1. The summed E-state index contributed by atoms with van der Waals surface area (Å²) in [4.78, 5) is 25.5. The van der Waals surface area contributed by atoms with E-state index in [2.05, 4.69) is 10.6 Å². The van der Waals surface area contributed by atoms with Crippen molar-refractivity contribution in [3.05, 3.63) is 16.5 Å². The SMILES string of the molecule is Cc1cc(C(=O)NCC2CCCO2)c(NC(=O)C(C)(C)C)s1. The summed E-state index contributed by atoms with van der Waals surface area (Å²) in [7, 11) is 0. The van der Waals surface area contributed by atoms with Crippen LogP contribution in [0.15, 0.2) is 6.07 Å². The number of hydrogen-bond acceptors (Lipinski definition) is 4. The van der Waals surface area contributed by atoms with Crippen molar-refractivity contribution in [1.82, 2.24) is 5.32 Å². The molecule has 0 radical (unpaired) electrons. The molecule has 2 heterocycles. The highest BCUT2D eigenvalue weighted by Crippen LogP contribution is 2.29. The number of ether oxygens (including phenoxy) is 1. The van der Waals surface area contributed by atoms with E-state index < -0.39 is 5.41 Å². The van der Waals surface area contributed by atoms with Gasteiger partial charge in [-0.05, 0) is 25.8 Å². The van der Waals surface area contributed by atoms with Crippen LogP contribution >= 0.6 is 11.3 Å². The fourth-order valence-electron chi connectivity index (χ4n) is 2.17. The lowest BCUT2D eigenvalue weighted by atomic mass is 9.96. The van der Waals surface area contributed by atoms with E-state index in [1.807, 2.05) is 33.8 Å². The molecule has 1 atom stereocenters. The Morgan fingerprint density at radius 2 is 2.14 bits per heavy atom. The van der Waals surface area contributed by atoms with E-state index in [1.165, 1.54) is 11.3 Å². The first-order valence-corrected chi connectivity index (χ1v) is 8.40. The zero-order valence-electron chi connectivity index (χ0n) is 13.6. The molecule has 2 N–H and O–H groups in total. The van der Waals surface area contributed by atoms with Crippen LogP contribution in [-0.4, -0.2) is 31.1 Å². The van der Waals surface area contributed by atoms with Crippen molar-refractivity contribution < 1.29 is 14.3 Å². The molecule has 2 rings (SSSR count). The van der Waals surface area contributed by atoms with Crippen LogP contribution in [-0.2, 0) is 9.53 Å². The Kier molecular flexibility index (Phi) is 5.24. The highest BCUT2D eigenvalue weighted by molar-refractivity contribution is 7.16. The molecule has 6 heteroatoms. The van der Waals surface area contributed by atoms with Crippen LogP contribution in [0.2, 0.25) is 0 Å². The minimum absolute atomic E-state index is 0.0949. The molecule has 122 valence electrons. The van der Waals surface area contributed by atoms with Crippen LogP contribution < -0.4 is 10.6 Å². The third kappa shape index (κ3) is 4.30. The summed E-state index contributed by atoms with van der Waals surface area (Å²) >= 11 is 1.42. The molecule has 22 heavy (non-hydrogen) atoms. The lowest BCUT2D eigenvalue weighted by molar-refractivity contribution is -0.123. The molecule has 1 aromatic rings. The largest absolute Gasteiger partial charge is 0.376 e. The van der Waals surface area contributed by atoms with E-state index in [4.69, 9.17) is 4.74 Å². The average Bonchev–Trinajstić information content (AvgIpc) is 3.04. The maximum atomic E-state index is 12.4. The molecule has 0 bridgehead atoms. The number of aryl methyl sites for hydroxylation is 1. The minimum Gasteiger partial charge on any atom is -0.376 e. The van der Waals surface area contributed by atoms with Gasteiger partial charge in [0.2, 0.25) is 5.91 Å². The summed E-state index contributed by atoms with van der Waals surface area (Å²) in [5.74, 6) is -0.258. The summed E-state index contributed by atoms with van der Waals surface area (Å²) in [6.07, 6.45) is 2.14. The predicted octanol–water partition coefficient (Wildman–Crippen LogP) is 2.95. The van der Waals surface area contributed by atoms with E-state index in [9.17, 15) is 9.59 Å². The van der Waals surface area contributed by atoms with Crippen LogP contribution in [0.4, 0.5) is 5.00 Å². The van der Waals surface area contributed by atoms with Gasteiger partial charge in [-0.15, -0.1) is 11.3 Å². The van der Waals surface area contributed by atoms with Crippen LogP contribution in [0.5, 0.6) is 0 Å². The number of rotatable bonds is 4. The average molecular weight is 324 g/mol. The quantitative estimate of drug-likeness (QED) is 0.895. The second-order valence-corrected chi connectivity index (χ2v) is 7.91. The molecule has 0 aromatic carbocycles. The zero-order valence-corrected chi connectivity index (χ0v) is 14.4. The van der Waals surface area contributed by atoms with Gasteiger partial charge in [0.05, 0.1) is 11.7 Å². The van der Waals surface area contributed by atoms with Gasteiger partial charge in [0, 0.05) is 23.4 Å². The Bertz CT molecular complexity index is 554. The number of amides is 2. The van der Waals surface area contributed by atoms with E-state index in [-0.39, 0.29) is 17.9 Å². The van der Waals surface area contributed by atoms with E-state index in [0.29, 0.717) is 17.1 Å². The number of carbonyl (C=O) groups excluding carboxylic acids is 2. The van der Waals surface area contributed by atoms with Crippen molar-refractivity contribution in [3.8, 4) is 0 Å². The first-order chi connectivity index (χ1) is 10.3. The topological polar surface area (TPSA) is 67.4 Å². The fraction of sp³-hybridized carbons (Fsp3) is 0.625. The fourth-order valence-corrected chi connectivity index (χ4v) is 3.08. The Morgan fingerprint density at radius 3 is 2.73 bits per heavy atom. The summed E-state index contributed by atoms with van der Waals surface area (Å²) in [5, 5.41) is 6.38. The Morgan fingerprint density at radius 1 is 1.41 bits per heavy atom. The molecule has 1 aliphatic rings. The van der Waals surface area contributed by atoms with Gasteiger partial charge in [0.15, 0.2) is 0 Å². The molecule has 2 amide bonds. The monoisotopic (exact) mass is 324 g/mol. The van der Waals surface area contributed by atoms with Gasteiger partial charge in [0.25, 0.3) is 5.91 Å². The van der Waals surface area contributed by atoms with Gasteiger partial charge in [-0.3, -0.25) is 9.59 Å². The van der Waals surface area contributed by atoms with Gasteiger partial charge >= 0.3 is 0 Å². The Labute approximate surface area is 135 Å². The molecule has 1 aliphatic heterocycles. The van der Waals surface area contributed by atoms with E-state index >= 15 is 0 Å². The van der Waals surface area contributed by atoms with Crippen molar-refractivity contribution in [2.24, 2.45) is 5.41 Å². The molecule has 1 fully saturated rings. The molecular formula is C16H24N2O3S. The molecule has 0 saturated carbocycles. The van der Waals surface area contributed by atoms with Gasteiger partial charge in [-0.1, -0.05) is 20.8 Å². The van der Waals surface area contributed by atoms with Crippen molar-refractivity contribution >= 4 is 28.2 Å². The summed E-state index contributed by atoms with van der Waals surface area (Å²) in [6.45, 7) is 8.75. The van der Waals surface area contributed by atoms with Gasteiger partial charge in [-0.2, -0.15) is 0 Å². The Balaban J connectivity index is 2.03. The van der Waals surface area contributed by atoms with Crippen molar-refractivity contribution in [2.75, 3.05) is 18.5 Å².